The lowest BCUT2D eigenvalue weighted by atomic mass is 9.76. The van der Waals surface area contributed by atoms with Crippen LogP contribution in [0.15, 0.2) is 12.4 Å². The quantitative estimate of drug-likeness (QED) is 0.824. The van der Waals surface area contributed by atoms with Gasteiger partial charge in [-0.25, -0.2) is 0 Å². The Kier molecular flexibility index (Phi) is 5.25. The van der Waals surface area contributed by atoms with Gasteiger partial charge >= 0.3 is 0 Å². The zero-order valence-corrected chi connectivity index (χ0v) is 13.7. The zero-order chi connectivity index (χ0) is 14.6. The van der Waals surface area contributed by atoms with Crippen molar-refractivity contribution in [2.24, 2.45) is 11.3 Å². The fourth-order valence-corrected chi connectivity index (χ4v) is 3.72. The third kappa shape index (κ3) is 3.63. The number of nitrogens with one attached hydrogen (secondary N) is 1. The van der Waals surface area contributed by atoms with Gasteiger partial charge in [-0.1, -0.05) is 27.2 Å². The molecular weight excluding hydrogens is 246 g/mol. The number of aryl methyl sites for hydroxylation is 1. The van der Waals surface area contributed by atoms with Crippen molar-refractivity contribution in [3.63, 3.8) is 0 Å². The first-order chi connectivity index (χ1) is 9.56. The highest BCUT2D eigenvalue weighted by molar-refractivity contribution is 5.08. The van der Waals surface area contributed by atoms with Gasteiger partial charge in [0, 0.05) is 18.8 Å². The summed E-state index contributed by atoms with van der Waals surface area (Å²) in [5.74, 6) is 0.791. The molecule has 2 unspecified atom stereocenters. The van der Waals surface area contributed by atoms with E-state index in [1.165, 1.54) is 31.2 Å². The largest absolute Gasteiger partial charge is 0.313 e. The standard InChI is InChI=1S/C17H31N3/c1-5-10-18-16(15-8-7-9-17(15,3)4)11-14-12-19-20(6-2)13-14/h12-13,15-16,18H,5-11H2,1-4H3. The molecule has 1 aliphatic rings. The van der Waals surface area contributed by atoms with E-state index in [9.17, 15) is 0 Å². The monoisotopic (exact) mass is 277 g/mol. The first kappa shape index (κ1) is 15.6. The molecule has 3 nitrogen and oxygen atoms in total. The van der Waals surface area contributed by atoms with Gasteiger partial charge in [0.05, 0.1) is 6.20 Å². The molecule has 0 radical (unpaired) electrons. The Labute approximate surface area is 124 Å². The number of hydrogen-bond donors (Lipinski definition) is 1. The molecule has 0 saturated heterocycles. The molecule has 0 bridgehead atoms. The molecule has 0 amide bonds. The van der Waals surface area contributed by atoms with Crippen LogP contribution >= 0.6 is 0 Å². The van der Waals surface area contributed by atoms with Crippen molar-refractivity contribution in [2.75, 3.05) is 6.54 Å². The molecule has 20 heavy (non-hydrogen) atoms. The summed E-state index contributed by atoms with van der Waals surface area (Å²) < 4.78 is 2.03. The van der Waals surface area contributed by atoms with Crippen molar-refractivity contribution in [3.05, 3.63) is 18.0 Å². The predicted molar refractivity (Wildman–Crippen MR) is 84.8 cm³/mol. The second-order valence-corrected chi connectivity index (χ2v) is 6.96. The molecule has 1 heterocycles. The summed E-state index contributed by atoms with van der Waals surface area (Å²) in [5, 5.41) is 8.23. The van der Waals surface area contributed by atoms with Crippen LogP contribution in [0.2, 0.25) is 0 Å². The first-order valence-corrected chi connectivity index (χ1v) is 8.31. The molecule has 1 aromatic heterocycles. The van der Waals surface area contributed by atoms with Crippen molar-refractivity contribution < 1.29 is 0 Å². The molecule has 0 aliphatic heterocycles. The maximum atomic E-state index is 4.42. The van der Waals surface area contributed by atoms with Crippen molar-refractivity contribution in [1.82, 2.24) is 15.1 Å². The zero-order valence-electron chi connectivity index (χ0n) is 13.7. The molecule has 0 spiro atoms. The minimum atomic E-state index is 0.478. The highest BCUT2D eigenvalue weighted by Gasteiger charge is 2.39. The van der Waals surface area contributed by atoms with E-state index < -0.39 is 0 Å². The van der Waals surface area contributed by atoms with Crippen LogP contribution in [0.1, 0.15) is 58.9 Å². The lowest BCUT2D eigenvalue weighted by Crippen LogP contribution is -2.42. The second-order valence-electron chi connectivity index (χ2n) is 6.96. The summed E-state index contributed by atoms with van der Waals surface area (Å²) in [7, 11) is 0. The lowest BCUT2D eigenvalue weighted by molar-refractivity contribution is 0.195. The van der Waals surface area contributed by atoms with Gasteiger partial charge < -0.3 is 5.32 Å². The summed E-state index contributed by atoms with van der Waals surface area (Å²) in [5.41, 5.74) is 1.86. The first-order valence-electron chi connectivity index (χ1n) is 8.31. The maximum absolute atomic E-state index is 4.42. The van der Waals surface area contributed by atoms with Gasteiger partial charge in [-0.2, -0.15) is 5.10 Å². The number of rotatable bonds is 7. The Bertz CT molecular complexity index is 408. The van der Waals surface area contributed by atoms with Crippen LogP contribution in [-0.4, -0.2) is 22.4 Å². The van der Waals surface area contributed by atoms with Crippen LogP contribution in [0.3, 0.4) is 0 Å². The Morgan fingerprint density at radius 2 is 2.25 bits per heavy atom. The topological polar surface area (TPSA) is 29.9 Å². The van der Waals surface area contributed by atoms with Gasteiger partial charge in [0.15, 0.2) is 0 Å². The Balaban J connectivity index is 2.06. The number of nitrogens with zero attached hydrogens (tertiary/aromatic N) is 2. The average Bonchev–Trinajstić information content (AvgIpc) is 3.00. The number of aromatic nitrogens is 2. The highest BCUT2D eigenvalue weighted by Crippen LogP contribution is 2.44. The van der Waals surface area contributed by atoms with E-state index in [1.807, 2.05) is 10.9 Å². The Morgan fingerprint density at radius 3 is 2.80 bits per heavy atom. The smallest absolute Gasteiger partial charge is 0.0522 e. The second kappa shape index (κ2) is 6.75. The molecule has 2 atom stereocenters. The van der Waals surface area contributed by atoms with Crippen LogP contribution in [-0.2, 0) is 13.0 Å². The van der Waals surface area contributed by atoms with E-state index in [0.29, 0.717) is 11.5 Å². The van der Waals surface area contributed by atoms with Crippen molar-refractivity contribution in [3.8, 4) is 0 Å². The van der Waals surface area contributed by atoms with Crippen LogP contribution in [0.4, 0.5) is 0 Å². The molecule has 1 saturated carbocycles. The minimum absolute atomic E-state index is 0.478. The van der Waals surface area contributed by atoms with Crippen molar-refractivity contribution >= 4 is 0 Å². The fourth-order valence-electron chi connectivity index (χ4n) is 3.72. The third-order valence-electron chi connectivity index (χ3n) is 4.95. The summed E-state index contributed by atoms with van der Waals surface area (Å²) in [4.78, 5) is 0. The van der Waals surface area contributed by atoms with E-state index >= 15 is 0 Å². The summed E-state index contributed by atoms with van der Waals surface area (Å²) in [6, 6.07) is 0.599. The van der Waals surface area contributed by atoms with Crippen molar-refractivity contribution in [1.29, 1.82) is 0 Å². The van der Waals surface area contributed by atoms with Crippen LogP contribution in [0.25, 0.3) is 0 Å². The molecule has 1 aliphatic carbocycles. The van der Waals surface area contributed by atoms with Gasteiger partial charge in [0.25, 0.3) is 0 Å². The Hall–Kier alpha value is -0.830. The molecule has 1 aromatic rings. The van der Waals surface area contributed by atoms with Gasteiger partial charge in [-0.05, 0) is 56.0 Å². The van der Waals surface area contributed by atoms with Gasteiger partial charge in [0.2, 0.25) is 0 Å². The summed E-state index contributed by atoms with van der Waals surface area (Å²) >= 11 is 0. The van der Waals surface area contributed by atoms with Crippen LogP contribution in [0, 0.1) is 11.3 Å². The summed E-state index contributed by atoms with van der Waals surface area (Å²) in [6.45, 7) is 11.4. The van der Waals surface area contributed by atoms with E-state index in [-0.39, 0.29) is 0 Å². The average molecular weight is 277 g/mol. The normalized spacial score (nSPS) is 23.1. The van der Waals surface area contributed by atoms with Crippen LogP contribution < -0.4 is 5.32 Å². The molecule has 114 valence electrons. The molecule has 2 rings (SSSR count). The lowest BCUT2D eigenvalue weighted by Gasteiger charge is -2.35. The van der Waals surface area contributed by atoms with Crippen molar-refractivity contribution in [2.45, 2.75) is 72.4 Å². The van der Waals surface area contributed by atoms with E-state index in [2.05, 4.69) is 44.3 Å². The van der Waals surface area contributed by atoms with Gasteiger partial charge in [-0.15, -0.1) is 0 Å². The predicted octanol–water partition coefficient (Wildman–Crippen LogP) is 3.64. The highest BCUT2D eigenvalue weighted by atomic mass is 15.3. The van der Waals surface area contributed by atoms with Crippen LogP contribution in [0.5, 0.6) is 0 Å². The molecule has 1 N–H and O–H groups in total. The van der Waals surface area contributed by atoms with E-state index in [1.54, 1.807) is 0 Å². The number of hydrogen-bond acceptors (Lipinski definition) is 2. The summed E-state index contributed by atoms with van der Waals surface area (Å²) in [6.07, 6.45) is 10.7. The van der Waals surface area contributed by atoms with E-state index in [4.69, 9.17) is 0 Å². The van der Waals surface area contributed by atoms with Gasteiger partial charge in [-0.3, -0.25) is 4.68 Å². The van der Waals surface area contributed by atoms with Gasteiger partial charge in [0.1, 0.15) is 0 Å². The molecule has 3 heteroatoms. The Morgan fingerprint density at radius 1 is 1.45 bits per heavy atom. The minimum Gasteiger partial charge on any atom is -0.313 e. The fraction of sp³-hybridized carbons (Fsp3) is 0.824. The molecule has 0 aromatic carbocycles. The van der Waals surface area contributed by atoms with E-state index in [0.717, 1.165) is 25.4 Å². The molecular formula is C17H31N3. The maximum Gasteiger partial charge on any atom is 0.0522 e. The SMILES string of the molecule is CCCNC(Cc1cnn(CC)c1)C1CCCC1(C)C. The molecule has 1 fully saturated rings. The third-order valence-corrected chi connectivity index (χ3v) is 4.95.